The number of nitro groups is 1. The van der Waals surface area contributed by atoms with E-state index in [2.05, 4.69) is 15.1 Å². The lowest BCUT2D eigenvalue weighted by atomic mass is 10.3. The first-order valence-electron chi connectivity index (χ1n) is 8.09. The molecule has 0 aliphatic carbocycles. The molecule has 0 unspecified atom stereocenters. The maximum Gasteiger partial charge on any atom is 0.280 e. The van der Waals surface area contributed by atoms with E-state index in [1.807, 2.05) is 0 Å². The molecule has 4 aromatic rings. The Labute approximate surface area is 166 Å². The number of halogens is 1. The summed E-state index contributed by atoms with van der Waals surface area (Å²) < 4.78 is 2.07. The number of thiazole rings is 1. The molecular formula is C18H12ClN5O3S. The van der Waals surface area contributed by atoms with Crippen LogP contribution in [0.4, 0.5) is 10.8 Å². The molecule has 4 rings (SSSR count). The zero-order valence-electron chi connectivity index (χ0n) is 14.4. The minimum Gasteiger partial charge on any atom is -0.295 e. The molecule has 0 amide bonds. The minimum atomic E-state index is -0.454. The Bertz CT molecular complexity index is 1290. The molecule has 28 heavy (non-hydrogen) atoms. The van der Waals surface area contributed by atoms with Gasteiger partial charge in [0.15, 0.2) is 0 Å². The van der Waals surface area contributed by atoms with Gasteiger partial charge in [0.05, 0.1) is 26.4 Å². The van der Waals surface area contributed by atoms with Crippen LogP contribution in [0.2, 0.25) is 5.02 Å². The summed E-state index contributed by atoms with van der Waals surface area (Å²) in [6.07, 6.45) is 1.45. The molecule has 0 saturated heterocycles. The molecule has 1 N–H and O–H groups in total. The van der Waals surface area contributed by atoms with Gasteiger partial charge in [-0.2, -0.15) is 0 Å². The summed E-state index contributed by atoms with van der Waals surface area (Å²) in [5, 5.41) is 14.9. The average Bonchev–Trinajstić information content (AvgIpc) is 3.20. The number of H-pyrrole nitrogens is 1. The van der Waals surface area contributed by atoms with Crippen LogP contribution in [0.5, 0.6) is 0 Å². The second kappa shape index (κ2) is 7.02. The first kappa shape index (κ1) is 18.1. The third kappa shape index (κ3) is 3.32. The quantitative estimate of drug-likeness (QED) is 0.304. The summed E-state index contributed by atoms with van der Waals surface area (Å²) in [6.45, 7) is 1.77. The molecule has 0 saturated carbocycles. The Hall–Kier alpha value is -3.30. The lowest BCUT2D eigenvalue weighted by Crippen LogP contribution is -2.17. The summed E-state index contributed by atoms with van der Waals surface area (Å²) in [6, 6.07) is 11.3. The number of hydrogen-bond donors (Lipinski definition) is 1. The summed E-state index contributed by atoms with van der Waals surface area (Å²) in [4.78, 5) is 31.8. The number of nitro benzene ring substituents is 1. The third-order valence-electron chi connectivity index (χ3n) is 4.08. The summed E-state index contributed by atoms with van der Waals surface area (Å²) in [5.41, 5.74) is 2.08. The highest BCUT2D eigenvalue weighted by Gasteiger charge is 2.12. The molecule has 0 fully saturated rings. The van der Waals surface area contributed by atoms with Gasteiger partial charge in [0, 0.05) is 29.1 Å². The number of aromatic nitrogens is 3. The number of rotatable bonds is 4. The van der Waals surface area contributed by atoms with Gasteiger partial charge in [-0.1, -0.05) is 22.9 Å². The van der Waals surface area contributed by atoms with E-state index < -0.39 is 4.92 Å². The number of non-ortho nitro benzene ring substituents is 1. The van der Waals surface area contributed by atoms with Gasteiger partial charge < -0.3 is 0 Å². The monoisotopic (exact) mass is 413 g/mol. The van der Waals surface area contributed by atoms with Gasteiger partial charge in [-0.15, -0.1) is 0 Å². The Morgan fingerprint density at radius 1 is 1.29 bits per heavy atom. The maximum absolute atomic E-state index is 12.7. The average molecular weight is 414 g/mol. The second-order valence-electron chi connectivity index (χ2n) is 5.93. The number of aryl methyl sites for hydroxylation is 1. The van der Waals surface area contributed by atoms with Crippen LogP contribution in [0.25, 0.3) is 15.9 Å². The molecule has 0 aliphatic rings. The Kier molecular flexibility index (Phi) is 4.54. The van der Waals surface area contributed by atoms with E-state index in [1.54, 1.807) is 37.3 Å². The van der Waals surface area contributed by atoms with Crippen LogP contribution in [0, 0.1) is 17.0 Å². The topological polar surface area (TPSA) is 106 Å². The summed E-state index contributed by atoms with van der Waals surface area (Å²) >= 11 is 7.11. The van der Waals surface area contributed by atoms with Crippen molar-refractivity contribution in [1.82, 2.24) is 14.8 Å². The van der Waals surface area contributed by atoms with Crippen molar-refractivity contribution < 1.29 is 4.92 Å². The van der Waals surface area contributed by atoms with Gasteiger partial charge >= 0.3 is 0 Å². The van der Waals surface area contributed by atoms with Gasteiger partial charge in [0.2, 0.25) is 5.13 Å². The Morgan fingerprint density at radius 3 is 2.75 bits per heavy atom. The Balaban J connectivity index is 1.68. The molecule has 0 spiro atoms. The number of hydrogen-bond acceptors (Lipinski definition) is 6. The van der Waals surface area contributed by atoms with Crippen LogP contribution in [-0.2, 0) is 0 Å². The highest BCUT2D eigenvalue weighted by atomic mass is 35.5. The van der Waals surface area contributed by atoms with E-state index in [0.717, 1.165) is 0 Å². The van der Waals surface area contributed by atoms with Crippen molar-refractivity contribution in [3.63, 3.8) is 0 Å². The van der Waals surface area contributed by atoms with Crippen LogP contribution in [0.15, 0.2) is 52.3 Å². The van der Waals surface area contributed by atoms with Crippen LogP contribution < -0.4 is 5.56 Å². The van der Waals surface area contributed by atoms with Crippen LogP contribution in [0.1, 0.15) is 11.3 Å². The highest BCUT2D eigenvalue weighted by molar-refractivity contribution is 7.22. The second-order valence-corrected chi connectivity index (χ2v) is 7.38. The molecule has 0 bridgehead atoms. The van der Waals surface area contributed by atoms with E-state index in [4.69, 9.17) is 11.6 Å². The van der Waals surface area contributed by atoms with Crippen LogP contribution in [-0.4, -0.2) is 25.9 Å². The number of aliphatic imine (C=N–C) groups is 1. The lowest BCUT2D eigenvalue weighted by Gasteiger charge is -2.00. The first-order valence-corrected chi connectivity index (χ1v) is 9.28. The molecule has 0 radical (unpaired) electrons. The fourth-order valence-corrected chi connectivity index (χ4v) is 3.64. The van der Waals surface area contributed by atoms with Gasteiger partial charge in [0.1, 0.15) is 0 Å². The number of nitrogens with one attached hydrogen (secondary N) is 1. The fraction of sp³-hybridized carbons (Fsp3) is 0.0556. The lowest BCUT2D eigenvalue weighted by molar-refractivity contribution is -0.384. The highest BCUT2D eigenvalue weighted by Crippen LogP contribution is 2.30. The molecule has 8 nitrogen and oxygen atoms in total. The van der Waals surface area contributed by atoms with Gasteiger partial charge in [0.25, 0.3) is 11.2 Å². The van der Waals surface area contributed by atoms with Crippen molar-refractivity contribution in [2.75, 3.05) is 0 Å². The smallest absolute Gasteiger partial charge is 0.280 e. The van der Waals surface area contributed by atoms with Gasteiger partial charge in [-0.05, 0) is 37.3 Å². The van der Waals surface area contributed by atoms with Crippen molar-refractivity contribution in [3.05, 3.63) is 79.2 Å². The summed E-state index contributed by atoms with van der Waals surface area (Å²) in [7, 11) is 0. The van der Waals surface area contributed by atoms with E-state index >= 15 is 0 Å². The van der Waals surface area contributed by atoms with Gasteiger partial charge in [-0.3, -0.25) is 20.0 Å². The Morgan fingerprint density at radius 2 is 2.04 bits per heavy atom. The zero-order valence-corrected chi connectivity index (χ0v) is 16.0. The van der Waals surface area contributed by atoms with E-state index in [0.29, 0.717) is 37.3 Å². The minimum absolute atomic E-state index is 0.000917. The number of benzene rings is 2. The maximum atomic E-state index is 12.7. The van der Waals surface area contributed by atoms with Crippen LogP contribution >= 0.6 is 22.9 Å². The SMILES string of the molecule is Cc1[nH]n(-c2ccc(Cl)cc2)c(=O)c1C=Nc1nc2ccc([N+](=O)[O-])cc2s1. The predicted molar refractivity (Wildman–Crippen MR) is 110 cm³/mol. The van der Waals surface area contributed by atoms with Gasteiger partial charge in [-0.25, -0.2) is 14.7 Å². The van der Waals surface area contributed by atoms with Crippen LogP contribution in [0.3, 0.4) is 0 Å². The standard InChI is InChI=1S/C18H12ClN5O3S/c1-10-14(17(25)23(22-10)12-4-2-11(19)3-5-12)9-20-18-21-15-7-6-13(24(26)27)8-16(15)28-18/h2-9,22H,1H3. The third-order valence-corrected chi connectivity index (χ3v) is 5.26. The summed E-state index contributed by atoms with van der Waals surface area (Å²) in [5.74, 6) is 0. The molecule has 0 atom stereocenters. The molecule has 2 heterocycles. The first-order chi connectivity index (χ1) is 13.4. The number of fused-ring (bicyclic) bond motifs is 1. The molecule has 2 aromatic carbocycles. The molecule has 10 heteroatoms. The van der Waals surface area contributed by atoms with Crippen molar-refractivity contribution in [2.24, 2.45) is 4.99 Å². The van der Waals surface area contributed by atoms with E-state index in [1.165, 1.54) is 34.4 Å². The molecule has 0 aliphatic heterocycles. The van der Waals surface area contributed by atoms with Crippen molar-refractivity contribution in [2.45, 2.75) is 6.92 Å². The zero-order chi connectivity index (χ0) is 19.8. The van der Waals surface area contributed by atoms with Crippen molar-refractivity contribution in [3.8, 4) is 5.69 Å². The van der Waals surface area contributed by atoms with Crippen molar-refractivity contribution >= 4 is 50.2 Å². The van der Waals surface area contributed by atoms with E-state index in [-0.39, 0.29) is 11.2 Å². The number of aromatic amines is 1. The fourth-order valence-electron chi connectivity index (χ4n) is 2.67. The predicted octanol–water partition coefficient (Wildman–Crippen LogP) is 4.40. The van der Waals surface area contributed by atoms with Crippen molar-refractivity contribution in [1.29, 1.82) is 0 Å². The normalized spacial score (nSPS) is 11.5. The number of nitrogens with zero attached hydrogens (tertiary/aromatic N) is 4. The van der Waals surface area contributed by atoms with E-state index in [9.17, 15) is 14.9 Å². The molecule has 140 valence electrons. The molecular weight excluding hydrogens is 402 g/mol. The molecule has 2 aromatic heterocycles. The largest absolute Gasteiger partial charge is 0.295 e.